The molecule has 1 atom stereocenters. The number of aliphatic hydroxyl groups is 1. The third-order valence-corrected chi connectivity index (χ3v) is 2.20. The summed E-state index contributed by atoms with van der Waals surface area (Å²) in [7, 11) is 1.71. The summed E-state index contributed by atoms with van der Waals surface area (Å²) < 4.78 is 4.97. The summed E-state index contributed by atoms with van der Waals surface area (Å²) in [5.41, 5.74) is 0. The lowest BCUT2D eigenvalue weighted by molar-refractivity contribution is 0.142. The van der Waals surface area contributed by atoms with Crippen LogP contribution in [0.5, 0.6) is 0 Å². The first-order chi connectivity index (χ1) is 5.85. The van der Waals surface area contributed by atoms with E-state index in [1.54, 1.807) is 7.11 Å². The average molecular weight is 174 g/mol. The molecule has 0 amide bonds. The Kier molecular flexibility index (Phi) is 8.95. The van der Waals surface area contributed by atoms with Crippen molar-refractivity contribution >= 4 is 0 Å². The number of rotatable bonds is 8. The van der Waals surface area contributed by atoms with E-state index in [4.69, 9.17) is 9.84 Å². The fourth-order valence-electron chi connectivity index (χ4n) is 1.29. The fraction of sp³-hybridized carbons (Fsp3) is 1.00. The maximum absolute atomic E-state index is 9.00. The van der Waals surface area contributed by atoms with Crippen LogP contribution in [-0.4, -0.2) is 25.4 Å². The predicted octanol–water partition coefficient (Wildman–Crippen LogP) is 2.21. The van der Waals surface area contributed by atoms with Crippen molar-refractivity contribution in [2.24, 2.45) is 5.92 Å². The highest BCUT2D eigenvalue weighted by atomic mass is 16.5. The number of hydrogen-bond acceptors (Lipinski definition) is 2. The summed E-state index contributed by atoms with van der Waals surface area (Å²) in [6.07, 6.45) is 5.92. The zero-order valence-electron chi connectivity index (χ0n) is 8.38. The van der Waals surface area contributed by atoms with Crippen molar-refractivity contribution < 1.29 is 9.84 Å². The van der Waals surface area contributed by atoms with Crippen LogP contribution in [0.3, 0.4) is 0 Å². The Morgan fingerprint density at radius 1 is 1.25 bits per heavy atom. The Morgan fingerprint density at radius 2 is 2.00 bits per heavy atom. The number of unbranched alkanes of at least 4 members (excludes halogenated alkanes) is 2. The second-order valence-corrected chi connectivity index (χ2v) is 3.33. The van der Waals surface area contributed by atoms with Crippen molar-refractivity contribution in [3.05, 3.63) is 0 Å². The first kappa shape index (κ1) is 11.9. The summed E-state index contributed by atoms with van der Waals surface area (Å²) in [4.78, 5) is 0. The second kappa shape index (κ2) is 9.01. The molecule has 1 N–H and O–H groups in total. The van der Waals surface area contributed by atoms with Gasteiger partial charge in [0.25, 0.3) is 0 Å². The van der Waals surface area contributed by atoms with E-state index in [0.717, 1.165) is 19.4 Å². The van der Waals surface area contributed by atoms with Crippen molar-refractivity contribution in [3.63, 3.8) is 0 Å². The largest absolute Gasteiger partial charge is 0.396 e. The molecule has 0 aliphatic rings. The molecule has 2 heteroatoms. The highest BCUT2D eigenvalue weighted by Crippen LogP contribution is 2.12. The standard InChI is InChI=1S/C10H22O2/c1-3-4-5-6-10(9-11)7-8-12-2/h10-11H,3-9H2,1-2H3. The van der Waals surface area contributed by atoms with Gasteiger partial charge in [-0.2, -0.15) is 0 Å². The van der Waals surface area contributed by atoms with Crippen molar-refractivity contribution in [2.75, 3.05) is 20.3 Å². The summed E-state index contributed by atoms with van der Waals surface area (Å²) in [6, 6.07) is 0. The van der Waals surface area contributed by atoms with Gasteiger partial charge in [-0.1, -0.05) is 26.2 Å². The fourth-order valence-corrected chi connectivity index (χ4v) is 1.29. The smallest absolute Gasteiger partial charge is 0.0465 e. The minimum Gasteiger partial charge on any atom is -0.396 e. The van der Waals surface area contributed by atoms with E-state index in [1.165, 1.54) is 19.3 Å². The van der Waals surface area contributed by atoms with Crippen LogP contribution in [0.4, 0.5) is 0 Å². The third-order valence-electron chi connectivity index (χ3n) is 2.20. The molecule has 0 spiro atoms. The SMILES string of the molecule is CCCCCC(CO)CCOC. The Balaban J connectivity index is 3.26. The van der Waals surface area contributed by atoms with Crippen LogP contribution >= 0.6 is 0 Å². The van der Waals surface area contributed by atoms with Gasteiger partial charge in [0, 0.05) is 20.3 Å². The summed E-state index contributed by atoms with van der Waals surface area (Å²) in [6.45, 7) is 3.29. The molecule has 0 fully saturated rings. The Bertz CT molecular complexity index is 83.9. The summed E-state index contributed by atoms with van der Waals surface area (Å²) >= 11 is 0. The van der Waals surface area contributed by atoms with Gasteiger partial charge >= 0.3 is 0 Å². The van der Waals surface area contributed by atoms with Crippen molar-refractivity contribution in [1.82, 2.24) is 0 Å². The molecule has 0 aromatic carbocycles. The molecule has 12 heavy (non-hydrogen) atoms. The molecule has 0 radical (unpaired) electrons. The molecule has 0 saturated carbocycles. The van der Waals surface area contributed by atoms with Crippen LogP contribution in [0.15, 0.2) is 0 Å². The molecule has 0 aromatic heterocycles. The van der Waals surface area contributed by atoms with Crippen LogP contribution in [0, 0.1) is 5.92 Å². The zero-order chi connectivity index (χ0) is 9.23. The first-order valence-corrected chi connectivity index (χ1v) is 4.95. The lowest BCUT2D eigenvalue weighted by atomic mass is 9.99. The molecular weight excluding hydrogens is 152 g/mol. The molecule has 0 aliphatic carbocycles. The average Bonchev–Trinajstić information content (AvgIpc) is 2.11. The molecule has 0 aromatic rings. The molecule has 1 unspecified atom stereocenters. The topological polar surface area (TPSA) is 29.5 Å². The maximum Gasteiger partial charge on any atom is 0.0465 e. The highest BCUT2D eigenvalue weighted by Gasteiger charge is 2.05. The zero-order valence-corrected chi connectivity index (χ0v) is 8.38. The van der Waals surface area contributed by atoms with Crippen LogP contribution in [-0.2, 0) is 4.74 Å². The summed E-state index contributed by atoms with van der Waals surface area (Å²) in [5, 5.41) is 9.00. The van der Waals surface area contributed by atoms with Gasteiger partial charge in [0.2, 0.25) is 0 Å². The van der Waals surface area contributed by atoms with Crippen LogP contribution in [0.2, 0.25) is 0 Å². The lowest BCUT2D eigenvalue weighted by Gasteiger charge is -2.12. The Hall–Kier alpha value is -0.0800. The van der Waals surface area contributed by atoms with Gasteiger partial charge in [0.15, 0.2) is 0 Å². The maximum atomic E-state index is 9.00. The number of ether oxygens (including phenoxy) is 1. The van der Waals surface area contributed by atoms with E-state index in [9.17, 15) is 0 Å². The van der Waals surface area contributed by atoms with Gasteiger partial charge in [0.1, 0.15) is 0 Å². The van der Waals surface area contributed by atoms with E-state index >= 15 is 0 Å². The molecule has 0 rings (SSSR count). The summed E-state index contributed by atoms with van der Waals surface area (Å²) in [5.74, 6) is 0.455. The van der Waals surface area contributed by atoms with Crippen molar-refractivity contribution in [2.45, 2.75) is 39.0 Å². The van der Waals surface area contributed by atoms with Crippen molar-refractivity contribution in [1.29, 1.82) is 0 Å². The van der Waals surface area contributed by atoms with Crippen LogP contribution in [0.25, 0.3) is 0 Å². The van der Waals surface area contributed by atoms with Gasteiger partial charge in [0.05, 0.1) is 0 Å². The molecule has 0 saturated heterocycles. The molecule has 2 nitrogen and oxygen atoms in total. The highest BCUT2D eigenvalue weighted by molar-refractivity contribution is 4.57. The minimum atomic E-state index is 0.313. The lowest BCUT2D eigenvalue weighted by Crippen LogP contribution is -2.08. The Morgan fingerprint density at radius 3 is 2.50 bits per heavy atom. The minimum absolute atomic E-state index is 0.313. The van der Waals surface area contributed by atoms with Crippen molar-refractivity contribution in [3.8, 4) is 0 Å². The first-order valence-electron chi connectivity index (χ1n) is 4.95. The van der Waals surface area contributed by atoms with Gasteiger partial charge in [-0.05, 0) is 18.8 Å². The molecular formula is C10H22O2. The molecule has 74 valence electrons. The van der Waals surface area contributed by atoms with E-state index in [-0.39, 0.29) is 0 Å². The number of hydrogen-bond donors (Lipinski definition) is 1. The second-order valence-electron chi connectivity index (χ2n) is 3.33. The molecule has 0 heterocycles. The van der Waals surface area contributed by atoms with E-state index in [1.807, 2.05) is 0 Å². The van der Waals surface area contributed by atoms with Gasteiger partial charge < -0.3 is 9.84 Å². The number of aliphatic hydroxyl groups excluding tert-OH is 1. The normalized spacial score (nSPS) is 13.2. The molecule has 0 aliphatic heterocycles. The van der Waals surface area contributed by atoms with E-state index < -0.39 is 0 Å². The predicted molar refractivity (Wildman–Crippen MR) is 51.2 cm³/mol. The van der Waals surface area contributed by atoms with E-state index in [0.29, 0.717) is 12.5 Å². The molecule has 0 bridgehead atoms. The number of methoxy groups -OCH3 is 1. The third kappa shape index (κ3) is 6.62. The Labute approximate surface area is 75.9 Å². The quantitative estimate of drug-likeness (QED) is 0.572. The monoisotopic (exact) mass is 174 g/mol. The van der Waals surface area contributed by atoms with Crippen LogP contribution < -0.4 is 0 Å². The van der Waals surface area contributed by atoms with E-state index in [2.05, 4.69) is 6.92 Å². The van der Waals surface area contributed by atoms with Crippen LogP contribution in [0.1, 0.15) is 39.0 Å². The van der Waals surface area contributed by atoms with Gasteiger partial charge in [-0.3, -0.25) is 0 Å². The van der Waals surface area contributed by atoms with Gasteiger partial charge in [-0.25, -0.2) is 0 Å². The van der Waals surface area contributed by atoms with Gasteiger partial charge in [-0.15, -0.1) is 0 Å².